The third-order valence-electron chi connectivity index (χ3n) is 2.42. The quantitative estimate of drug-likeness (QED) is 0.611. The molecule has 0 aliphatic heterocycles. The Morgan fingerprint density at radius 1 is 1.29 bits per heavy atom. The summed E-state index contributed by atoms with van der Waals surface area (Å²) in [7, 11) is 3.05. The Morgan fingerprint density at radius 3 is 2.41 bits per heavy atom. The van der Waals surface area contributed by atoms with E-state index in [0.717, 1.165) is 16.2 Å². The number of methoxy groups -OCH3 is 2. The van der Waals surface area contributed by atoms with Crippen molar-refractivity contribution in [2.24, 2.45) is 0 Å². The highest BCUT2D eigenvalue weighted by molar-refractivity contribution is 8.01. The van der Waals surface area contributed by atoms with E-state index < -0.39 is 4.75 Å². The first kappa shape index (κ1) is 13.9. The molecule has 0 heterocycles. The van der Waals surface area contributed by atoms with Crippen molar-refractivity contribution < 1.29 is 14.3 Å². The van der Waals surface area contributed by atoms with Crippen LogP contribution in [0.4, 0.5) is 0 Å². The first-order valence-corrected chi connectivity index (χ1v) is 6.14. The van der Waals surface area contributed by atoms with Crippen molar-refractivity contribution in [2.75, 3.05) is 14.2 Å². The van der Waals surface area contributed by atoms with E-state index in [0.29, 0.717) is 0 Å². The minimum atomic E-state index is -0.588. The van der Waals surface area contributed by atoms with Gasteiger partial charge in [0.15, 0.2) is 0 Å². The van der Waals surface area contributed by atoms with Gasteiger partial charge in [0.05, 0.1) is 14.2 Å². The van der Waals surface area contributed by atoms with Crippen LogP contribution < -0.4 is 4.74 Å². The van der Waals surface area contributed by atoms with Crippen LogP contribution >= 0.6 is 11.8 Å². The Labute approximate surface area is 106 Å². The molecule has 0 unspecified atom stereocenters. The van der Waals surface area contributed by atoms with Crippen LogP contribution in [-0.2, 0) is 9.53 Å². The molecule has 0 N–H and O–H groups in total. The molecule has 0 radical (unpaired) electrons. The molecule has 17 heavy (non-hydrogen) atoms. The van der Waals surface area contributed by atoms with Gasteiger partial charge < -0.3 is 9.47 Å². The van der Waals surface area contributed by atoms with E-state index in [1.54, 1.807) is 7.11 Å². The molecule has 1 aromatic carbocycles. The Morgan fingerprint density at radius 2 is 1.94 bits per heavy atom. The lowest BCUT2D eigenvalue weighted by molar-refractivity contribution is -0.142. The van der Waals surface area contributed by atoms with E-state index in [9.17, 15) is 4.79 Å². The van der Waals surface area contributed by atoms with Gasteiger partial charge in [0.25, 0.3) is 0 Å². The Balaban J connectivity index is 2.89. The Kier molecular flexibility index (Phi) is 4.46. The monoisotopic (exact) mass is 254 g/mol. The highest BCUT2D eigenvalue weighted by atomic mass is 32.2. The smallest absolute Gasteiger partial charge is 0.321 e. The summed E-state index contributed by atoms with van der Waals surface area (Å²) in [6.45, 7) is 5.68. The lowest BCUT2D eigenvalue weighted by Gasteiger charge is -2.21. The molecule has 0 aromatic heterocycles. The van der Waals surface area contributed by atoms with Gasteiger partial charge >= 0.3 is 5.97 Å². The largest absolute Gasteiger partial charge is 0.496 e. The van der Waals surface area contributed by atoms with Crippen LogP contribution in [0.5, 0.6) is 5.75 Å². The van der Waals surface area contributed by atoms with Crippen molar-refractivity contribution in [1.29, 1.82) is 0 Å². The second-order valence-corrected chi connectivity index (χ2v) is 5.93. The molecule has 3 nitrogen and oxygen atoms in total. The molecule has 1 rings (SSSR count). The van der Waals surface area contributed by atoms with Crippen molar-refractivity contribution in [1.82, 2.24) is 0 Å². The first-order valence-electron chi connectivity index (χ1n) is 5.33. The number of benzene rings is 1. The number of hydrogen-bond acceptors (Lipinski definition) is 4. The lowest BCUT2D eigenvalue weighted by atomic mass is 10.2. The average Bonchev–Trinajstić information content (AvgIpc) is 2.27. The number of rotatable bonds is 4. The van der Waals surface area contributed by atoms with Crippen LogP contribution in [0.2, 0.25) is 0 Å². The Hall–Kier alpha value is -1.16. The van der Waals surface area contributed by atoms with Gasteiger partial charge in [0.2, 0.25) is 0 Å². The molecule has 94 valence electrons. The van der Waals surface area contributed by atoms with E-state index in [4.69, 9.17) is 9.47 Å². The zero-order chi connectivity index (χ0) is 13.1. The van der Waals surface area contributed by atoms with Gasteiger partial charge in [-0.1, -0.05) is 0 Å². The van der Waals surface area contributed by atoms with Gasteiger partial charge in [-0.05, 0) is 44.5 Å². The third-order valence-corrected chi connectivity index (χ3v) is 3.58. The van der Waals surface area contributed by atoms with E-state index in [1.165, 1.54) is 18.9 Å². The molecule has 0 amide bonds. The van der Waals surface area contributed by atoms with Crippen molar-refractivity contribution >= 4 is 17.7 Å². The third kappa shape index (κ3) is 3.40. The van der Waals surface area contributed by atoms with E-state index in [-0.39, 0.29) is 5.97 Å². The maximum atomic E-state index is 11.6. The van der Waals surface area contributed by atoms with Crippen molar-refractivity contribution in [3.8, 4) is 5.75 Å². The molecule has 0 bridgehead atoms. The molecule has 0 saturated carbocycles. The lowest BCUT2D eigenvalue weighted by Crippen LogP contribution is -2.28. The van der Waals surface area contributed by atoms with Crippen LogP contribution in [0.25, 0.3) is 0 Å². The number of ether oxygens (including phenoxy) is 2. The summed E-state index contributed by atoms with van der Waals surface area (Å²) in [5.74, 6) is 0.626. The number of aryl methyl sites for hydroxylation is 1. The number of esters is 1. The number of carbonyl (C=O) groups is 1. The van der Waals surface area contributed by atoms with Crippen LogP contribution in [0.15, 0.2) is 23.1 Å². The predicted molar refractivity (Wildman–Crippen MR) is 69.7 cm³/mol. The zero-order valence-corrected chi connectivity index (χ0v) is 11.7. The average molecular weight is 254 g/mol. The summed E-state index contributed by atoms with van der Waals surface area (Å²) in [6.07, 6.45) is 0. The second kappa shape index (κ2) is 5.45. The maximum Gasteiger partial charge on any atom is 0.321 e. The molecule has 4 heteroatoms. The number of hydrogen-bond donors (Lipinski definition) is 0. The predicted octanol–water partition coefficient (Wildman–Crippen LogP) is 3.05. The summed E-state index contributed by atoms with van der Waals surface area (Å²) in [6, 6.07) is 5.86. The standard InChI is InChI=1S/C13H18O3S/c1-9-8-10(6-7-11(9)15-4)17-13(2,3)12(14)16-5/h6-8H,1-5H3. The highest BCUT2D eigenvalue weighted by Gasteiger charge is 2.30. The summed E-state index contributed by atoms with van der Waals surface area (Å²) in [4.78, 5) is 12.6. The zero-order valence-electron chi connectivity index (χ0n) is 10.9. The SMILES string of the molecule is COC(=O)C(C)(C)Sc1ccc(OC)c(C)c1. The van der Waals surface area contributed by atoms with E-state index in [2.05, 4.69) is 0 Å². The number of carbonyl (C=O) groups excluding carboxylic acids is 1. The van der Waals surface area contributed by atoms with Gasteiger partial charge in [-0.3, -0.25) is 4.79 Å². The van der Waals surface area contributed by atoms with Gasteiger partial charge in [-0.15, -0.1) is 11.8 Å². The molecule has 1 aromatic rings. The fourth-order valence-electron chi connectivity index (χ4n) is 1.50. The van der Waals surface area contributed by atoms with Crippen molar-refractivity contribution in [3.05, 3.63) is 23.8 Å². The maximum absolute atomic E-state index is 11.6. The Bertz CT molecular complexity index is 413. The fraction of sp³-hybridized carbons (Fsp3) is 0.462. The topological polar surface area (TPSA) is 35.5 Å². The second-order valence-electron chi connectivity index (χ2n) is 4.24. The van der Waals surface area contributed by atoms with E-state index >= 15 is 0 Å². The van der Waals surface area contributed by atoms with Crippen LogP contribution in [-0.4, -0.2) is 24.9 Å². The summed E-state index contributed by atoms with van der Waals surface area (Å²) >= 11 is 1.48. The summed E-state index contributed by atoms with van der Waals surface area (Å²) < 4.78 is 9.39. The van der Waals surface area contributed by atoms with Crippen molar-refractivity contribution in [3.63, 3.8) is 0 Å². The molecule has 0 aliphatic carbocycles. The van der Waals surface area contributed by atoms with Gasteiger partial charge in [0.1, 0.15) is 10.5 Å². The van der Waals surface area contributed by atoms with Crippen molar-refractivity contribution in [2.45, 2.75) is 30.4 Å². The van der Waals surface area contributed by atoms with Crippen LogP contribution in [0.3, 0.4) is 0 Å². The van der Waals surface area contributed by atoms with Crippen LogP contribution in [0, 0.1) is 6.92 Å². The number of thioether (sulfide) groups is 1. The van der Waals surface area contributed by atoms with Gasteiger partial charge in [-0.25, -0.2) is 0 Å². The normalized spacial score (nSPS) is 11.1. The molecule has 0 fully saturated rings. The summed E-state index contributed by atoms with van der Waals surface area (Å²) in [5, 5.41) is 0. The molecule has 0 atom stereocenters. The fourth-order valence-corrected chi connectivity index (χ4v) is 2.62. The van der Waals surface area contributed by atoms with Crippen LogP contribution in [0.1, 0.15) is 19.4 Å². The molecule has 0 saturated heterocycles. The summed E-state index contributed by atoms with van der Waals surface area (Å²) in [5.41, 5.74) is 1.05. The first-order chi connectivity index (χ1) is 7.90. The molecule has 0 spiro atoms. The minimum Gasteiger partial charge on any atom is -0.496 e. The molecular formula is C13H18O3S. The van der Waals surface area contributed by atoms with Gasteiger partial charge in [0, 0.05) is 4.90 Å². The van der Waals surface area contributed by atoms with Gasteiger partial charge in [-0.2, -0.15) is 0 Å². The molecular weight excluding hydrogens is 236 g/mol. The molecule has 0 aliphatic rings. The minimum absolute atomic E-state index is 0.226. The van der Waals surface area contributed by atoms with E-state index in [1.807, 2.05) is 39.0 Å². The highest BCUT2D eigenvalue weighted by Crippen LogP contribution is 2.35.